The number of benzene rings is 3. The Balaban J connectivity index is 1.82. The molecule has 1 aliphatic rings. The lowest BCUT2D eigenvalue weighted by Crippen LogP contribution is -1.97. The van der Waals surface area contributed by atoms with Crippen molar-refractivity contribution in [2.45, 2.75) is 25.7 Å². The predicted molar refractivity (Wildman–Crippen MR) is 113 cm³/mol. The molecule has 0 bridgehead atoms. The summed E-state index contributed by atoms with van der Waals surface area (Å²) in [6, 6.07) is 24.3. The highest BCUT2D eigenvalue weighted by Crippen LogP contribution is 2.43. The monoisotopic (exact) mass is 353 g/mol. The lowest BCUT2D eigenvalue weighted by atomic mass is 9.95. The summed E-state index contributed by atoms with van der Waals surface area (Å²) in [5, 5.41) is 4.30. The van der Waals surface area contributed by atoms with Crippen molar-refractivity contribution in [2.75, 3.05) is 0 Å². The molecule has 3 aromatic carbocycles. The largest absolute Gasteiger partial charge is 0.309 e. The van der Waals surface area contributed by atoms with Gasteiger partial charge in [0.2, 0.25) is 0 Å². The molecule has 1 nitrogen and oxygen atoms in total. The van der Waals surface area contributed by atoms with Crippen LogP contribution in [0, 0.1) is 0 Å². The van der Waals surface area contributed by atoms with Gasteiger partial charge in [0.1, 0.15) is 0 Å². The summed E-state index contributed by atoms with van der Waals surface area (Å²) >= 11 is 2.04. The molecule has 0 aliphatic heterocycles. The maximum atomic E-state index is 2.42. The lowest BCUT2D eigenvalue weighted by molar-refractivity contribution is 0.700. The van der Waals surface area contributed by atoms with Crippen LogP contribution in [-0.4, -0.2) is 4.57 Å². The second-order valence-electron chi connectivity index (χ2n) is 7.24. The van der Waals surface area contributed by atoms with Crippen LogP contribution in [0.4, 0.5) is 0 Å². The van der Waals surface area contributed by atoms with E-state index >= 15 is 0 Å². The van der Waals surface area contributed by atoms with Gasteiger partial charge in [-0.25, -0.2) is 0 Å². The second kappa shape index (κ2) is 5.46. The van der Waals surface area contributed by atoms with E-state index in [0.717, 1.165) is 0 Å². The number of thiophene rings is 1. The fraction of sp³-hybridized carbons (Fsp3) is 0.167. The molecule has 0 fully saturated rings. The third-order valence-corrected chi connectivity index (χ3v) is 7.10. The van der Waals surface area contributed by atoms with E-state index in [1.165, 1.54) is 63.3 Å². The number of nitrogens with zero attached hydrogens (tertiary/aromatic N) is 1. The molecule has 0 saturated carbocycles. The van der Waals surface area contributed by atoms with Gasteiger partial charge >= 0.3 is 0 Å². The number of para-hydroxylation sites is 2. The average molecular weight is 353 g/mol. The first-order valence-electron chi connectivity index (χ1n) is 9.43. The minimum absolute atomic E-state index is 1.24. The summed E-state index contributed by atoms with van der Waals surface area (Å²) in [5.41, 5.74) is 5.48. The maximum absolute atomic E-state index is 2.42. The molecule has 0 unspecified atom stereocenters. The molecule has 0 saturated heterocycles. The van der Waals surface area contributed by atoms with Crippen molar-refractivity contribution in [3.05, 3.63) is 77.2 Å². The zero-order chi connectivity index (χ0) is 17.1. The number of aryl methyl sites for hydroxylation is 2. The molecule has 1 aliphatic carbocycles. The summed E-state index contributed by atoms with van der Waals surface area (Å²) in [7, 11) is 0. The highest BCUT2D eigenvalue weighted by atomic mass is 32.1. The van der Waals surface area contributed by atoms with E-state index < -0.39 is 0 Å². The zero-order valence-electron chi connectivity index (χ0n) is 14.5. The second-order valence-corrected chi connectivity index (χ2v) is 8.34. The first-order valence-corrected chi connectivity index (χ1v) is 10.3. The first kappa shape index (κ1) is 14.6. The molecule has 6 rings (SSSR count). The van der Waals surface area contributed by atoms with Crippen LogP contribution >= 0.6 is 11.3 Å². The highest BCUT2D eigenvalue weighted by molar-refractivity contribution is 7.20. The molecule has 126 valence electrons. The van der Waals surface area contributed by atoms with Crippen LogP contribution in [0.1, 0.15) is 23.3 Å². The van der Waals surface area contributed by atoms with Crippen molar-refractivity contribution < 1.29 is 0 Å². The van der Waals surface area contributed by atoms with Gasteiger partial charge in [0.05, 0.1) is 11.0 Å². The van der Waals surface area contributed by atoms with Gasteiger partial charge in [0.25, 0.3) is 0 Å². The summed E-state index contributed by atoms with van der Waals surface area (Å²) in [6.07, 6.45) is 5.18. The molecule has 2 aromatic heterocycles. The zero-order valence-corrected chi connectivity index (χ0v) is 15.4. The summed E-state index contributed by atoms with van der Waals surface area (Å²) in [4.78, 5) is 1.62. The average Bonchev–Trinajstić information content (AvgIpc) is 3.24. The minimum Gasteiger partial charge on any atom is -0.309 e. The standard InChI is InChI=1S/C24H19NS/c1-2-8-16(9-3-1)25-20-12-6-4-11-19(20)23-21(25)15-14-18-17-10-5-7-13-22(17)26-24(18)23/h1-4,6,8-9,11-12,14-15H,5,7,10,13H2. The van der Waals surface area contributed by atoms with E-state index in [1.807, 2.05) is 11.3 Å². The van der Waals surface area contributed by atoms with Gasteiger partial charge in [-0.2, -0.15) is 0 Å². The Morgan fingerprint density at radius 3 is 2.42 bits per heavy atom. The molecule has 0 spiro atoms. The van der Waals surface area contributed by atoms with Crippen molar-refractivity contribution in [3.8, 4) is 5.69 Å². The van der Waals surface area contributed by atoms with Gasteiger partial charge in [-0.15, -0.1) is 11.3 Å². The SMILES string of the molecule is c1ccc(-n2c3ccccc3c3c4sc5c(c4ccc32)CCCC5)cc1. The van der Waals surface area contributed by atoms with Crippen LogP contribution in [-0.2, 0) is 12.8 Å². The maximum Gasteiger partial charge on any atom is 0.0555 e. The van der Waals surface area contributed by atoms with E-state index in [9.17, 15) is 0 Å². The van der Waals surface area contributed by atoms with Crippen molar-refractivity contribution in [1.82, 2.24) is 4.57 Å². The Labute approximate surface area is 156 Å². The highest BCUT2D eigenvalue weighted by Gasteiger charge is 2.20. The van der Waals surface area contributed by atoms with Gasteiger partial charge in [0, 0.05) is 26.0 Å². The van der Waals surface area contributed by atoms with Gasteiger partial charge in [-0.05, 0) is 60.9 Å². The summed E-state index contributed by atoms with van der Waals surface area (Å²) < 4.78 is 3.91. The lowest BCUT2D eigenvalue weighted by Gasteiger charge is -2.10. The first-order chi connectivity index (χ1) is 12.9. The molecule has 0 atom stereocenters. The van der Waals surface area contributed by atoms with E-state index in [0.29, 0.717) is 0 Å². The minimum atomic E-state index is 1.24. The Morgan fingerprint density at radius 1 is 0.692 bits per heavy atom. The fourth-order valence-electron chi connectivity index (χ4n) is 4.63. The molecule has 26 heavy (non-hydrogen) atoms. The van der Waals surface area contributed by atoms with Crippen LogP contribution in [0.2, 0.25) is 0 Å². The van der Waals surface area contributed by atoms with Gasteiger partial charge in [-0.1, -0.05) is 42.5 Å². The van der Waals surface area contributed by atoms with E-state index in [-0.39, 0.29) is 0 Å². The number of hydrogen-bond acceptors (Lipinski definition) is 1. The van der Waals surface area contributed by atoms with E-state index in [2.05, 4.69) is 71.3 Å². The van der Waals surface area contributed by atoms with Crippen LogP contribution in [0.25, 0.3) is 37.6 Å². The van der Waals surface area contributed by atoms with Gasteiger partial charge < -0.3 is 4.57 Å². The number of hydrogen-bond donors (Lipinski definition) is 0. The van der Waals surface area contributed by atoms with Crippen LogP contribution in [0.3, 0.4) is 0 Å². The molecule has 2 heteroatoms. The summed E-state index contributed by atoms with van der Waals surface area (Å²) in [6.45, 7) is 0. The Morgan fingerprint density at radius 2 is 1.50 bits per heavy atom. The number of rotatable bonds is 1. The van der Waals surface area contributed by atoms with Crippen molar-refractivity contribution >= 4 is 43.2 Å². The van der Waals surface area contributed by atoms with Crippen LogP contribution < -0.4 is 0 Å². The van der Waals surface area contributed by atoms with Gasteiger partial charge in [-0.3, -0.25) is 0 Å². The number of fused-ring (bicyclic) bond motifs is 7. The topological polar surface area (TPSA) is 4.93 Å². The van der Waals surface area contributed by atoms with Crippen molar-refractivity contribution in [3.63, 3.8) is 0 Å². The van der Waals surface area contributed by atoms with Crippen molar-refractivity contribution in [2.24, 2.45) is 0 Å². The smallest absolute Gasteiger partial charge is 0.0555 e. The molecule has 0 amide bonds. The third kappa shape index (κ3) is 1.91. The van der Waals surface area contributed by atoms with Gasteiger partial charge in [0.15, 0.2) is 0 Å². The van der Waals surface area contributed by atoms with E-state index in [4.69, 9.17) is 0 Å². The number of aromatic nitrogens is 1. The van der Waals surface area contributed by atoms with E-state index in [1.54, 1.807) is 10.4 Å². The van der Waals surface area contributed by atoms with Crippen LogP contribution in [0.5, 0.6) is 0 Å². The Kier molecular flexibility index (Phi) is 3.06. The van der Waals surface area contributed by atoms with Crippen LogP contribution in [0.15, 0.2) is 66.7 Å². The normalized spacial score (nSPS) is 14.3. The molecule has 5 aromatic rings. The summed E-state index contributed by atoms with van der Waals surface area (Å²) in [5.74, 6) is 0. The predicted octanol–water partition coefficient (Wildman–Crippen LogP) is 6.88. The Bertz CT molecular complexity index is 1270. The molecular formula is C24H19NS. The quantitative estimate of drug-likeness (QED) is 0.310. The molecule has 0 N–H and O–H groups in total. The fourth-order valence-corrected chi connectivity index (χ4v) is 6.07. The molecular weight excluding hydrogens is 334 g/mol. The molecule has 2 heterocycles. The Hall–Kier alpha value is -2.58. The third-order valence-electron chi connectivity index (χ3n) is 5.77. The molecule has 0 radical (unpaired) electrons. The van der Waals surface area contributed by atoms with Crippen molar-refractivity contribution in [1.29, 1.82) is 0 Å².